The van der Waals surface area contributed by atoms with Crippen molar-refractivity contribution >= 4 is 17.0 Å². The van der Waals surface area contributed by atoms with Crippen LogP contribution in [0, 0.1) is 11.8 Å². The number of aromatic nitrogens is 1. The van der Waals surface area contributed by atoms with E-state index in [-0.39, 0.29) is 0 Å². The minimum Gasteiger partial charge on any atom is -0.361 e. The molecule has 1 aliphatic carbocycles. The van der Waals surface area contributed by atoms with Crippen molar-refractivity contribution in [3.05, 3.63) is 41.1 Å². The predicted octanol–water partition coefficient (Wildman–Crippen LogP) is 3.27. The SMILES string of the molecule is CC(C)C1CN(C)C2Cc3c[nH]c4cccc(c34)C=C12.CN. The van der Waals surface area contributed by atoms with Crippen molar-refractivity contribution in [3.8, 4) is 0 Å². The molecule has 3 nitrogen and oxygen atoms in total. The van der Waals surface area contributed by atoms with E-state index in [2.05, 4.69) is 67.0 Å². The van der Waals surface area contributed by atoms with Crippen LogP contribution in [-0.2, 0) is 6.42 Å². The zero-order valence-corrected chi connectivity index (χ0v) is 14.1. The number of hydrogen-bond acceptors (Lipinski definition) is 2. The molecule has 2 aliphatic rings. The van der Waals surface area contributed by atoms with Gasteiger partial charge in [0.2, 0.25) is 0 Å². The van der Waals surface area contributed by atoms with Crippen molar-refractivity contribution in [1.82, 2.24) is 9.88 Å². The Morgan fingerprint density at radius 1 is 1.27 bits per heavy atom. The van der Waals surface area contributed by atoms with E-state index in [1.165, 1.54) is 35.6 Å². The van der Waals surface area contributed by atoms with E-state index in [1.807, 2.05) is 0 Å². The molecule has 1 aliphatic heterocycles. The smallest absolute Gasteiger partial charge is 0.0462 e. The van der Waals surface area contributed by atoms with Crippen molar-refractivity contribution in [2.75, 3.05) is 20.6 Å². The summed E-state index contributed by atoms with van der Waals surface area (Å²) in [4.78, 5) is 5.97. The van der Waals surface area contributed by atoms with Crippen LogP contribution in [0.15, 0.2) is 30.0 Å². The van der Waals surface area contributed by atoms with E-state index < -0.39 is 0 Å². The second-order valence-corrected chi connectivity index (χ2v) is 6.74. The normalized spacial score (nSPS) is 23.8. The third-order valence-corrected chi connectivity index (χ3v) is 5.19. The van der Waals surface area contributed by atoms with Gasteiger partial charge in [-0.15, -0.1) is 0 Å². The lowest BCUT2D eigenvalue weighted by Gasteiger charge is -2.19. The Bertz CT molecular complexity index is 696. The zero-order chi connectivity index (χ0) is 15.9. The molecule has 1 fully saturated rings. The zero-order valence-electron chi connectivity index (χ0n) is 14.1. The minimum absolute atomic E-state index is 0.578. The standard InChI is InChI=1S/C18H22N2.CH5N/c1-11(2)15-10-20(3)17-8-13-9-19-16-6-4-5-12(18(13)16)7-14(15)17;1-2/h4-7,9,11,15,17,19H,8,10H2,1-3H3;2H2,1H3. The summed E-state index contributed by atoms with van der Waals surface area (Å²) in [6.07, 6.45) is 5.83. The van der Waals surface area contributed by atoms with Gasteiger partial charge in [-0.3, -0.25) is 4.90 Å². The number of benzene rings is 1. The number of rotatable bonds is 1. The largest absolute Gasteiger partial charge is 0.361 e. The summed E-state index contributed by atoms with van der Waals surface area (Å²) >= 11 is 0. The van der Waals surface area contributed by atoms with Crippen LogP contribution in [0.5, 0.6) is 0 Å². The molecule has 3 heteroatoms. The van der Waals surface area contributed by atoms with Crippen LogP contribution >= 0.6 is 0 Å². The molecular formula is C19H27N3. The van der Waals surface area contributed by atoms with Gasteiger partial charge in [-0.25, -0.2) is 0 Å². The number of likely N-dealkylation sites (N-methyl/N-ethyl adjacent to an activating group) is 1. The van der Waals surface area contributed by atoms with Crippen molar-refractivity contribution in [3.63, 3.8) is 0 Å². The van der Waals surface area contributed by atoms with E-state index in [9.17, 15) is 0 Å². The molecule has 2 aromatic rings. The minimum atomic E-state index is 0.578. The number of nitrogens with two attached hydrogens (primary N) is 1. The quantitative estimate of drug-likeness (QED) is 0.848. The highest BCUT2D eigenvalue weighted by Crippen LogP contribution is 2.40. The number of aromatic amines is 1. The fourth-order valence-electron chi connectivity index (χ4n) is 4.07. The lowest BCUT2D eigenvalue weighted by molar-refractivity contribution is 0.304. The molecule has 2 atom stereocenters. The van der Waals surface area contributed by atoms with Gasteiger partial charge in [0, 0.05) is 29.7 Å². The van der Waals surface area contributed by atoms with Gasteiger partial charge in [-0.05, 0) is 55.1 Å². The number of H-pyrrole nitrogens is 1. The van der Waals surface area contributed by atoms with E-state index >= 15 is 0 Å². The number of likely N-dealkylation sites (tertiary alicyclic amines) is 1. The van der Waals surface area contributed by atoms with Crippen LogP contribution in [-0.4, -0.2) is 36.6 Å². The monoisotopic (exact) mass is 297 g/mol. The number of nitrogens with zero attached hydrogens (tertiary/aromatic N) is 1. The molecule has 0 radical (unpaired) electrons. The third-order valence-electron chi connectivity index (χ3n) is 5.19. The molecular weight excluding hydrogens is 270 g/mol. The maximum absolute atomic E-state index is 4.50. The topological polar surface area (TPSA) is 45.0 Å². The average molecular weight is 297 g/mol. The van der Waals surface area contributed by atoms with Gasteiger partial charge in [0.05, 0.1) is 0 Å². The molecule has 2 unspecified atom stereocenters. The first kappa shape index (κ1) is 15.3. The van der Waals surface area contributed by atoms with Crippen LogP contribution in [0.25, 0.3) is 17.0 Å². The van der Waals surface area contributed by atoms with Gasteiger partial charge >= 0.3 is 0 Å². The summed E-state index contributed by atoms with van der Waals surface area (Å²) < 4.78 is 0. The Hall–Kier alpha value is -1.58. The van der Waals surface area contributed by atoms with Gasteiger partial charge in [0.25, 0.3) is 0 Å². The van der Waals surface area contributed by atoms with Crippen molar-refractivity contribution in [1.29, 1.82) is 0 Å². The number of hydrogen-bond donors (Lipinski definition) is 2. The Kier molecular flexibility index (Phi) is 4.11. The summed E-state index contributed by atoms with van der Waals surface area (Å²) in [5.41, 5.74) is 10.3. The van der Waals surface area contributed by atoms with E-state index in [0.29, 0.717) is 17.9 Å². The van der Waals surface area contributed by atoms with E-state index in [4.69, 9.17) is 0 Å². The molecule has 1 aromatic heterocycles. The highest BCUT2D eigenvalue weighted by Gasteiger charge is 2.37. The average Bonchev–Trinajstić information content (AvgIpc) is 3.00. The van der Waals surface area contributed by atoms with Crippen LogP contribution in [0.1, 0.15) is 25.0 Å². The molecule has 1 saturated heterocycles. The van der Waals surface area contributed by atoms with Gasteiger partial charge in [-0.2, -0.15) is 0 Å². The molecule has 0 bridgehead atoms. The fraction of sp³-hybridized carbons (Fsp3) is 0.474. The van der Waals surface area contributed by atoms with Gasteiger partial charge in [0.1, 0.15) is 0 Å². The first-order valence-electron chi connectivity index (χ1n) is 8.23. The molecule has 3 N–H and O–H groups in total. The van der Waals surface area contributed by atoms with E-state index in [1.54, 1.807) is 5.57 Å². The van der Waals surface area contributed by atoms with Crippen molar-refractivity contribution < 1.29 is 0 Å². The van der Waals surface area contributed by atoms with Gasteiger partial charge < -0.3 is 10.7 Å². The second-order valence-electron chi connectivity index (χ2n) is 6.74. The van der Waals surface area contributed by atoms with Crippen LogP contribution in [0.4, 0.5) is 0 Å². The Balaban J connectivity index is 0.000000693. The lowest BCUT2D eigenvalue weighted by Crippen LogP contribution is -2.27. The molecule has 0 saturated carbocycles. The summed E-state index contributed by atoms with van der Waals surface area (Å²) in [7, 11) is 3.78. The highest BCUT2D eigenvalue weighted by atomic mass is 15.2. The van der Waals surface area contributed by atoms with Gasteiger partial charge in [0.15, 0.2) is 0 Å². The molecule has 22 heavy (non-hydrogen) atoms. The molecule has 0 spiro atoms. The van der Waals surface area contributed by atoms with Gasteiger partial charge in [-0.1, -0.05) is 32.1 Å². The fourth-order valence-corrected chi connectivity index (χ4v) is 4.07. The Morgan fingerprint density at radius 2 is 2.05 bits per heavy atom. The summed E-state index contributed by atoms with van der Waals surface area (Å²) in [5.74, 6) is 1.42. The molecule has 2 heterocycles. The summed E-state index contributed by atoms with van der Waals surface area (Å²) in [5, 5.41) is 1.44. The third kappa shape index (κ3) is 2.29. The van der Waals surface area contributed by atoms with E-state index in [0.717, 1.165) is 6.42 Å². The Labute approximate surface area is 133 Å². The van der Waals surface area contributed by atoms with Crippen molar-refractivity contribution in [2.24, 2.45) is 17.6 Å². The van der Waals surface area contributed by atoms with Crippen LogP contribution < -0.4 is 5.73 Å². The Morgan fingerprint density at radius 3 is 2.77 bits per heavy atom. The second kappa shape index (κ2) is 5.90. The molecule has 118 valence electrons. The van der Waals surface area contributed by atoms with Crippen LogP contribution in [0.3, 0.4) is 0 Å². The lowest BCUT2D eigenvalue weighted by atomic mass is 9.87. The molecule has 4 rings (SSSR count). The number of nitrogens with one attached hydrogen (secondary N) is 1. The number of fused-ring (bicyclic) bond motifs is 1. The molecule has 1 aromatic carbocycles. The maximum atomic E-state index is 4.50. The maximum Gasteiger partial charge on any atom is 0.0462 e. The first-order chi connectivity index (χ1) is 10.6. The van der Waals surface area contributed by atoms with Crippen LogP contribution in [0.2, 0.25) is 0 Å². The summed E-state index contributed by atoms with van der Waals surface area (Å²) in [6, 6.07) is 7.20. The summed E-state index contributed by atoms with van der Waals surface area (Å²) in [6.45, 7) is 5.91. The predicted molar refractivity (Wildman–Crippen MR) is 94.8 cm³/mol. The van der Waals surface area contributed by atoms with Crippen molar-refractivity contribution in [2.45, 2.75) is 26.3 Å². The highest BCUT2D eigenvalue weighted by molar-refractivity contribution is 5.93. The first-order valence-corrected chi connectivity index (χ1v) is 8.23. The molecule has 0 amide bonds.